The Morgan fingerprint density at radius 1 is 1.18 bits per heavy atom. The summed E-state index contributed by atoms with van der Waals surface area (Å²) in [5.74, 6) is 1.70. The zero-order valence-electron chi connectivity index (χ0n) is 10.4. The Labute approximate surface area is 102 Å². The number of ether oxygens (including phenoxy) is 2. The van der Waals surface area contributed by atoms with Gasteiger partial charge in [0.2, 0.25) is 0 Å². The van der Waals surface area contributed by atoms with E-state index in [4.69, 9.17) is 9.47 Å². The normalized spacial score (nSPS) is 15.9. The van der Waals surface area contributed by atoms with Gasteiger partial charge in [0.15, 0.2) is 5.78 Å². The minimum atomic E-state index is 0.163. The third-order valence-corrected chi connectivity index (χ3v) is 3.40. The third kappa shape index (κ3) is 2.43. The van der Waals surface area contributed by atoms with Crippen molar-refractivity contribution in [3.63, 3.8) is 0 Å². The van der Waals surface area contributed by atoms with Crippen molar-refractivity contribution in [1.82, 2.24) is 0 Å². The molecule has 3 heteroatoms. The molecule has 0 unspecified atom stereocenters. The number of rotatable bonds is 4. The fourth-order valence-corrected chi connectivity index (χ4v) is 2.41. The van der Waals surface area contributed by atoms with Crippen molar-refractivity contribution < 1.29 is 14.3 Å². The van der Waals surface area contributed by atoms with E-state index in [0.717, 1.165) is 25.7 Å². The molecule has 1 aromatic carbocycles. The highest BCUT2D eigenvalue weighted by atomic mass is 16.5. The van der Waals surface area contributed by atoms with E-state index in [0.29, 0.717) is 17.1 Å². The van der Waals surface area contributed by atoms with Crippen molar-refractivity contribution in [3.05, 3.63) is 23.8 Å². The van der Waals surface area contributed by atoms with Crippen molar-refractivity contribution in [3.8, 4) is 11.5 Å². The lowest BCUT2D eigenvalue weighted by atomic mass is 9.95. The number of hydrogen-bond acceptors (Lipinski definition) is 3. The molecule has 92 valence electrons. The minimum absolute atomic E-state index is 0.163. The summed E-state index contributed by atoms with van der Waals surface area (Å²) in [7, 11) is 3.19. The molecule has 1 aliphatic rings. The molecule has 1 saturated carbocycles. The van der Waals surface area contributed by atoms with E-state index in [2.05, 4.69) is 0 Å². The molecule has 2 rings (SSSR count). The first-order chi connectivity index (χ1) is 8.26. The first kappa shape index (κ1) is 12.0. The van der Waals surface area contributed by atoms with Crippen LogP contribution in [0.25, 0.3) is 0 Å². The number of carbonyl (C=O) groups excluding carboxylic acids is 1. The van der Waals surface area contributed by atoms with E-state index < -0.39 is 0 Å². The molecule has 0 atom stereocenters. The number of ketones is 1. The molecule has 0 amide bonds. The summed E-state index contributed by atoms with van der Waals surface area (Å²) in [4.78, 5) is 12.4. The molecule has 0 heterocycles. The summed E-state index contributed by atoms with van der Waals surface area (Å²) >= 11 is 0. The van der Waals surface area contributed by atoms with E-state index in [1.54, 1.807) is 26.4 Å². The molecule has 1 aromatic rings. The third-order valence-electron chi connectivity index (χ3n) is 3.40. The average Bonchev–Trinajstić information content (AvgIpc) is 2.91. The lowest BCUT2D eigenvalue weighted by Crippen LogP contribution is -2.12. The lowest BCUT2D eigenvalue weighted by Gasteiger charge is -2.13. The second kappa shape index (κ2) is 5.21. The highest BCUT2D eigenvalue weighted by Gasteiger charge is 2.26. The minimum Gasteiger partial charge on any atom is -0.497 e. The zero-order valence-corrected chi connectivity index (χ0v) is 10.4. The molecule has 3 nitrogen and oxygen atoms in total. The zero-order chi connectivity index (χ0) is 12.3. The maximum atomic E-state index is 12.4. The van der Waals surface area contributed by atoms with Gasteiger partial charge in [0.05, 0.1) is 19.8 Å². The molecule has 1 aliphatic carbocycles. The van der Waals surface area contributed by atoms with Crippen LogP contribution in [-0.2, 0) is 0 Å². The number of carbonyl (C=O) groups is 1. The Morgan fingerprint density at radius 2 is 1.88 bits per heavy atom. The van der Waals surface area contributed by atoms with E-state index >= 15 is 0 Å². The average molecular weight is 234 g/mol. The monoisotopic (exact) mass is 234 g/mol. The van der Waals surface area contributed by atoms with E-state index in [-0.39, 0.29) is 11.7 Å². The van der Waals surface area contributed by atoms with E-state index in [9.17, 15) is 4.79 Å². The molecule has 17 heavy (non-hydrogen) atoms. The van der Waals surface area contributed by atoms with Gasteiger partial charge >= 0.3 is 0 Å². The lowest BCUT2D eigenvalue weighted by molar-refractivity contribution is 0.0919. The van der Waals surface area contributed by atoms with Crippen LogP contribution in [0.15, 0.2) is 18.2 Å². The van der Waals surface area contributed by atoms with Crippen molar-refractivity contribution in [2.45, 2.75) is 25.7 Å². The number of Topliss-reactive ketones (excluding diaryl/α,β-unsaturated/α-hetero) is 1. The van der Waals surface area contributed by atoms with Crippen LogP contribution in [0.5, 0.6) is 11.5 Å². The van der Waals surface area contributed by atoms with Gasteiger partial charge in [0.1, 0.15) is 11.5 Å². The van der Waals surface area contributed by atoms with Gasteiger partial charge in [-0.25, -0.2) is 0 Å². The molecular formula is C14H18O3. The predicted molar refractivity (Wildman–Crippen MR) is 65.8 cm³/mol. The Bertz CT molecular complexity index is 406. The Kier molecular flexibility index (Phi) is 3.67. The van der Waals surface area contributed by atoms with Gasteiger partial charge in [-0.05, 0) is 31.0 Å². The fourth-order valence-electron chi connectivity index (χ4n) is 2.41. The second-order valence-electron chi connectivity index (χ2n) is 4.41. The SMILES string of the molecule is COc1ccc(OC)c(C(=O)C2CCCC2)c1. The standard InChI is InChI=1S/C14H18O3/c1-16-11-7-8-13(17-2)12(9-11)14(15)10-5-3-4-6-10/h7-10H,3-6H2,1-2H3. The maximum absolute atomic E-state index is 12.4. The van der Waals surface area contributed by atoms with Gasteiger partial charge in [-0.2, -0.15) is 0 Å². The Morgan fingerprint density at radius 3 is 2.47 bits per heavy atom. The molecular weight excluding hydrogens is 216 g/mol. The van der Waals surface area contributed by atoms with Crippen molar-refractivity contribution >= 4 is 5.78 Å². The van der Waals surface area contributed by atoms with Crippen molar-refractivity contribution in [2.24, 2.45) is 5.92 Å². The topological polar surface area (TPSA) is 35.5 Å². The highest BCUT2D eigenvalue weighted by Crippen LogP contribution is 2.32. The van der Waals surface area contributed by atoms with E-state index in [1.807, 2.05) is 6.07 Å². The first-order valence-electron chi connectivity index (χ1n) is 6.02. The highest BCUT2D eigenvalue weighted by molar-refractivity contribution is 6.00. The molecule has 0 N–H and O–H groups in total. The smallest absolute Gasteiger partial charge is 0.169 e. The van der Waals surface area contributed by atoms with Crippen LogP contribution in [0.3, 0.4) is 0 Å². The summed E-state index contributed by atoms with van der Waals surface area (Å²) in [6.07, 6.45) is 4.31. The maximum Gasteiger partial charge on any atom is 0.169 e. The van der Waals surface area contributed by atoms with Crippen LogP contribution < -0.4 is 9.47 Å². The Hall–Kier alpha value is -1.51. The van der Waals surface area contributed by atoms with Crippen LogP contribution in [0.4, 0.5) is 0 Å². The molecule has 0 radical (unpaired) electrons. The number of hydrogen-bond donors (Lipinski definition) is 0. The van der Waals surface area contributed by atoms with Crippen molar-refractivity contribution in [2.75, 3.05) is 14.2 Å². The van der Waals surface area contributed by atoms with Crippen LogP contribution in [0, 0.1) is 5.92 Å². The Balaban J connectivity index is 2.30. The fraction of sp³-hybridized carbons (Fsp3) is 0.500. The summed E-state index contributed by atoms with van der Waals surface area (Å²) in [5.41, 5.74) is 0.652. The van der Waals surface area contributed by atoms with Crippen LogP contribution in [0.1, 0.15) is 36.0 Å². The van der Waals surface area contributed by atoms with Gasteiger partial charge in [-0.15, -0.1) is 0 Å². The van der Waals surface area contributed by atoms with Gasteiger partial charge in [0, 0.05) is 5.92 Å². The number of benzene rings is 1. The van der Waals surface area contributed by atoms with Crippen LogP contribution in [0.2, 0.25) is 0 Å². The van der Waals surface area contributed by atoms with Gasteiger partial charge in [-0.1, -0.05) is 12.8 Å². The quantitative estimate of drug-likeness (QED) is 0.751. The molecule has 0 bridgehead atoms. The predicted octanol–water partition coefficient (Wildman–Crippen LogP) is 3.08. The summed E-state index contributed by atoms with van der Waals surface area (Å²) in [6.45, 7) is 0. The summed E-state index contributed by atoms with van der Waals surface area (Å²) in [6, 6.07) is 5.38. The first-order valence-corrected chi connectivity index (χ1v) is 6.02. The van der Waals surface area contributed by atoms with Gasteiger partial charge < -0.3 is 9.47 Å². The number of methoxy groups -OCH3 is 2. The largest absolute Gasteiger partial charge is 0.497 e. The van der Waals surface area contributed by atoms with Gasteiger partial charge in [-0.3, -0.25) is 4.79 Å². The second-order valence-corrected chi connectivity index (χ2v) is 4.41. The summed E-state index contributed by atoms with van der Waals surface area (Å²) in [5, 5.41) is 0. The van der Waals surface area contributed by atoms with Crippen molar-refractivity contribution in [1.29, 1.82) is 0 Å². The molecule has 0 aliphatic heterocycles. The van der Waals surface area contributed by atoms with Crippen LogP contribution >= 0.6 is 0 Å². The molecule has 0 saturated heterocycles. The van der Waals surface area contributed by atoms with Crippen LogP contribution in [-0.4, -0.2) is 20.0 Å². The molecule has 0 spiro atoms. The molecule has 0 aromatic heterocycles. The van der Waals surface area contributed by atoms with Gasteiger partial charge in [0.25, 0.3) is 0 Å². The summed E-state index contributed by atoms with van der Waals surface area (Å²) < 4.78 is 10.4. The van der Waals surface area contributed by atoms with E-state index in [1.165, 1.54) is 0 Å². The molecule has 1 fully saturated rings.